The van der Waals surface area contributed by atoms with Gasteiger partial charge in [-0.3, -0.25) is 15.0 Å². The van der Waals surface area contributed by atoms with Gasteiger partial charge in [0.1, 0.15) is 0 Å². The van der Waals surface area contributed by atoms with Crippen molar-refractivity contribution in [3.8, 4) is 0 Å². The number of aliphatic imine (C=N–C) groups is 1. The Hall–Kier alpha value is -3.96. The van der Waals surface area contributed by atoms with Gasteiger partial charge in [-0.1, -0.05) is 70.8 Å². The Bertz CT molecular complexity index is 1560. The first-order chi connectivity index (χ1) is 19.4. The largest absolute Gasteiger partial charge is 0.366 e. The van der Waals surface area contributed by atoms with Crippen LogP contribution < -0.4 is 16.0 Å². The van der Waals surface area contributed by atoms with Crippen molar-refractivity contribution in [1.29, 1.82) is 5.53 Å². The van der Waals surface area contributed by atoms with E-state index in [-0.39, 0.29) is 12.6 Å². The maximum absolute atomic E-state index is 13.6. The minimum Gasteiger partial charge on any atom is -0.366 e. The Kier molecular flexibility index (Phi) is 8.61. The summed E-state index contributed by atoms with van der Waals surface area (Å²) in [5.74, 6) is -0.428. The average Bonchev–Trinajstić information content (AvgIpc) is 3.37. The van der Waals surface area contributed by atoms with E-state index in [0.29, 0.717) is 16.6 Å². The minimum absolute atomic E-state index is 0.271. The lowest BCUT2D eigenvalue weighted by Crippen LogP contribution is -2.34. The number of fused-ring (bicyclic) bond motifs is 1. The van der Waals surface area contributed by atoms with E-state index in [0.717, 1.165) is 25.9 Å². The second-order valence-electron chi connectivity index (χ2n) is 9.66. The smallest absolute Gasteiger partial charge is 0.328 e. The Morgan fingerprint density at radius 2 is 1.77 bits per heavy atom. The normalized spacial score (nSPS) is 14.2. The summed E-state index contributed by atoms with van der Waals surface area (Å²) in [6, 6.07) is 20.5. The number of halogens is 1. The lowest BCUT2D eigenvalue weighted by atomic mass is 9.84. The lowest BCUT2D eigenvalue weighted by molar-refractivity contribution is 0.100. The van der Waals surface area contributed by atoms with Gasteiger partial charge >= 0.3 is 6.03 Å². The molecule has 0 bridgehead atoms. The molecule has 3 aromatic carbocycles. The number of rotatable bonds is 6. The maximum atomic E-state index is 13.6. The van der Waals surface area contributed by atoms with Crippen LogP contribution in [0, 0.1) is 5.53 Å². The second-order valence-corrected chi connectivity index (χ2v) is 11.6. The van der Waals surface area contributed by atoms with Crippen LogP contribution in [0.5, 0.6) is 0 Å². The Morgan fingerprint density at radius 1 is 1.05 bits per heavy atom. The summed E-state index contributed by atoms with van der Waals surface area (Å²) in [7, 11) is 0. The fraction of sp³-hybridized carbons (Fsp3) is 0.241. The number of aromatic nitrogens is 1. The summed E-state index contributed by atoms with van der Waals surface area (Å²) in [5, 5.41) is 6.43. The second kappa shape index (κ2) is 12.5. The molecule has 1 fully saturated rings. The summed E-state index contributed by atoms with van der Waals surface area (Å²) >= 11 is 4.88. The van der Waals surface area contributed by atoms with E-state index >= 15 is 0 Å². The van der Waals surface area contributed by atoms with Crippen molar-refractivity contribution in [2.24, 2.45) is 15.8 Å². The van der Waals surface area contributed by atoms with Gasteiger partial charge in [-0.2, -0.15) is 4.99 Å². The number of hydrogen-bond acceptors (Lipinski definition) is 5. The number of carbonyl (C=O) groups excluding carboxylic acids is 2. The number of guanidine groups is 1. The number of benzene rings is 3. The van der Waals surface area contributed by atoms with Crippen molar-refractivity contribution in [2.75, 3.05) is 10.2 Å². The van der Waals surface area contributed by atoms with Gasteiger partial charge in [-0.05, 0) is 72.4 Å². The summed E-state index contributed by atoms with van der Waals surface area (Å²) in [6.45, 7) is 0.271. The first kappa shape index (κ1) is 27.6. The zero-order chi connectivity index (χ0) is 28.1. The number of hydrogen-bond donors (Lipinski definition) is 3. The van der Waals surface area contributed by atoms with Gasteiger partial charge in [0.2, 0.25) is 5.96 Å². The fourth-order valence-corrected chi connectivity index (χ4v) is 6.07. The van der Waals surface area contributed by atoms with Crippen molar-refractivity contribution in [3.63, 3.8) is 0 Å². The third kappa shape index (κ3) is 6.60. The first-order valence-electron chi connectivity index (χ1n) is 13.0. The number of urea groups is 1. The maximum Gasteiger partial charge on any atom is 0.328 e. The van der Waals surface area contributed by atoms with E-state index in [1.54, 1.807) is 29.2 Å². The van der Waals surface area contributed by atoms with Crippen LogP contribution in [0.2, 0.25) is 0 Å². The molecule has 0 spiro atoms. The molecule has 0 unspecified atom stereocenters. The highest BCUT2D eigenvalue weighted by Crippen LogP contribution is 2.34. The molecule has 1 saturated carbocycles. The molecule has 4 aromatic rings. The zero-order valence-electron chi connectivity index (χ0n) is 21.6. The van der Waals surface area contributed by atoms with Crippen LogP contribution in [0.25, 0.3) is 10.2 Å². The highest BCUT2D eigenvalue weighted by Gasteiger charge is 2.21. The molecule has 1 aliphatic carbocycles. The Labute approximate surface area is 244 Å². The standard InChI is InChI=1S/C29H28BrN7O2S/c30-22-12-15-25-24(16-22)33-28(40-25)35-29(39)37(23-13-10-20(11-14-23)19-4-2-1-3-5-19)17-18-6-8-21(9-7-18)26(38)34-27(31)36-32/h6-16,19,32H,1-5,17H2,(H2,31,34,38)(H,33,35,39). The molecule has 11 heteroatoms. The van der Waals surface area contributed by atoms with Crippen LogP contribution in [-0.2, 0) is 6.54 Å². The fourth-order valence-electron chi connectivity index (χ4n) is 4.88. The Morgan fingerprint density at radius 3 is 2.48 bits per heavy atom. The molecular formula is C29H28BrN7O2S. The highest BCUT2D eigenvalue weighted by molar-refractivity contribution is 9.10. The molecule has 0 atom stereocenters. The third-order valence-corrected chi connectivity index (χ3v) is 8.41. The van der Waals surface area contributed by atoms with E-state index in [9.17, 15) is 9.59 Å². The number of carbonyl (C=O) groups is 2. The zero-order valence-corrected chi connectivity index (χ0v) is 24.0. The van der Waals surface area contributed by atoms with Crippen LogP contribution in [0.3, 0.4) is 0 Å². The van der Waals surface area contributed by atoms with E-state index in [2.05, 4.69) is 48.5 Å². The first-order valence-corrected chi connectivity index (χ1v) is 14.6. The predicted octanol–water partition coefficient (Wildman–Crippen LogP) is 7.83. The van der Waals surface area contributed by atoms with Gasteiger partial charge in [-0.15, -0.1) is 5.11 Å². The van der Waals surface area contributed by atoms with Crippen molar-refractivity contribution in [3.05, 3.63) is 87.9 Å². The molecule has 1 heterocycles. The van der Waals surface area contributed by atoms with Gasteiger partial charge in [0, 0.05) is 15.7 Å². The van der Waals surface area contributed by atoms with E-state index in [1.165, 1.54) is 49.0 Å². The van der Waals surface area contributed by atoms with Crippen molar-refractivity contribution in [2.45, 2.75) is 44.6 Å². The SMILES string of the molecule is N=NC(N)=NC(=O)c1ccc(CN(C(=O)Nc2nc3cc(Br)ccc3s2)c2ccc(C3CCCCC3)cc2)cc1. The topological polar surface area (TPSA) is 137 Å². The molecule has 9 nitrogen and oxygen atoms in total. The van der Waals surface area contributed by atoms with Gasteiger partial charge in [-0.25, -0.2) is 15.3 Å². The number of nitrogens with zero attached hydrogens (tertiary/aromatic N) is 4. The molecule has 3 amide bonds. The van der Waals surface area contributed by atoms with E-state index < -0.39 is 11.9 Å². The molecule has 204 valence electrons. The quantitative estimate of drug-likeness (QED) is 0.115. The minimum atomic E-state index is -0.588. The monoisotopic (exact) mass is 617 g/mol. The summed E-state index contributed by atoms with van der Waals surface area (Å²) in [4.78, 5) is 35.7. The van der Waals surface area contributed by atoms with Crippen LogP contribution in [0.1, 0.15) is 59.5 Å². The number of amides is 3. The van der Waals surface area contributed by atoms with Crippen LogP contribution >= 0.6 is 27.3 Å². The van der Waals surface area contributed by atoms with Crippen molar-refractivity contribution in [1.82, 2.24) is 4.98 Å². The van der Waals surface area contributed by atoms with Crippen LogP contribution in [-0.4, -0.2) is 22.9 Å². The molecule has 5 rings (SSSR count). The number of nitrogens with two attached hydrogens (primary N) is 1. The van der Waals surface area contributed by atoms with Gasteiger partial charge in [0.05, 0.1) is 16.8 Å². The van der Waals surface area contributed by atoms with Gasteiger partial charge in [0.15, 0.2) is 5.13 Å². The average molecular weight is 619 g/mol. The highest BCUT2D eigenvalue weighted by atomic mass is 79.9. The van der Waals surface area contributed by atoms with Crippen molar-refractivity contribution < 1.29 is 9.59 Å². The number of anilines is 2. The number of thiazole rings is 1. The summed E-state index contributed by atoms with van der Waals surface area (Å²) in [5.41, 5.74) is 16.2. The predicted molar refractivity (Wildman–Crippen MR) is 162 cm³/mol. The van der Waals surface area contributed by atoms with Crippen LogP contribution in [0.15, 0.2) is 81.3 Å². The van der Waals surface area contributed by atoms with E-state index in [1.807, 2.05) is 30.3 Å². The lowest BCUT2D eigenvalue weighted by Gasteiger charge is -2.25. The van der Waals surface area contributed by atoms with Gasteiger partial charge in [0.25, 0.3) is 5.91 Å². The van der Waals surface area contributed by atoms with Gasteiger partial charge < -0.3 is 5.73 Å². The molecule has 0 radical (unpaired) electrons. The molecular weight excluding hydrogens is 590 g/mol. The van der Waals surface area contributed by atoms with Crippen LogP contribution in [0.4, 0.5) is 15.6 Å². The molecule has 40 heavy (non-hydrogen) atoms. The molecule has 0 aliphatic heterocycles. The Balaban J connectivity index is 1.39. The summed E-state index contributed by atoms with van der Waals surface area (Å²) < 4.78 is 1.90. The molecule has 1 aromatic heterocycles. The number of nitrogens with one attached hydrogen (secondary N) is 2. The summed E-state index contributed by atoms with van der Waals surface area (Å²) in [6.07, 6.45) is 6.22. The molecule has 4 N–H and O–H groups in total. The molecule has 1 aliphatic rings. The molecule has 0 saturated heterocycles. The van der Waals surface area contributed by atoms with Crippen molar-refractivity contribution >= 4 is 66.2 Å². The van der Waals surface area contributed by atoms with E-state index in [4.69, 9.17) is 11.3 Å². The third-order valence-electron chi connectivity index (χ3n) is 6.96.